The quantitative estimate of drug-likeness (QED) is 0.532. The highest BCUT2D eigenvalue weighted by molar-refractivity contribution is 7.15. The van der Waals surface area contributed by atoms with Crippen molar-refractivity contribution < 1.29 is 19.1 Å². The predicted molar refractivity (Wildman–Crippen MR) is 135 cm³/mol. The number of nitrogens with zero attached hydrogens (tertiary/aromatic N) is 2. The van der Waals surface area contributed by atoms with E-state index in [0.717, 1.165) is 27.4 Å². The molecular formula is C27H29N3O4S. The van der Waals surface area contributed by atoms with E-state index in [1.165, 1.54) is 7.11 Å². The van der Waals surface area contributed by atoms with Crippen LogP contribution in [0, 0.1) is 25.7 Å². The average Bonchev–Trinajstić information content (AvgIpc) is 3.38. The minimum atomic E-state index is -0.248. The summed E-state index contributed by atoms with van der Waals surface area (Å²) in [6, 6.07) is 13.2. The Labute approximate surface area is 209 Å². The second kappa shape index (κ2) is 9.34. The van der Waals surface area contributed by atoms with Gasteiger partial charge in [0, 0.05) is 13.1 Å². The lowest BCUT2D eigenvalue weighted by atomic mass is 10.1. The lowest BCUT2D eigenvalue weighted by Gasteiger charge is -2.27. The minimum Gasteiger partial charge on any atom is -0.497 e. The smallest absolute Gasteiger partial charge is 0.274 e. The van der Waals surface area contributed by atoms with Crippen molar-refractivity contribution in [1.29, 1.82) is 0 Å². The van der Waals surface area contributed by atoms with Crippen LogP contribution < -0.4 is 14.8 Å². The van der Waals surface area contributed by atoms with Crippen molar-refractivity contribution in [2.75, 3.05) is 27.3 Å². The number of rotatable bonds is 7. The summed E-state index contributed by atoms with van der Waals surface area (Å²) in [6.07, 6.45) is 1.09. The number of aryl methyl sites for hydroxylation is 2. The van der Waals surface area contributed by atoms with Gasteiger partial charge in [-0.2, -0.15) is 0 Å². The van der Waals surface area contributed by atoms with Crippen LogP contribution in [0.4, 0.5) is 0 Å². The van der Waals surface area contributed by atoms with Gasteiger partial charge in [0.05, 0.1) is 35.7 Å². The highest BCUT2D eigenvalue weighted by atomic mass is 32.1. The monoisotopic (exact) mass is 491 g/mol. The van der Waals surface area contributed by atoms with Gasteiger partial charge in [-0.3, -0.25) is 9.59 Å². The Morgan fingerprint density at radius 2 is 1.97 bits per heavy atom. The molecule has 0 radical (unpaired) electrons. The molecule has 2 aromatic carbocycles. The van der Waals surface area contributed by atoms with Crippen molar-refractivity contribution >= 4 is 23.2 Å². The van der Waals surface area contributed by atoms with Gasteiger partial charge in [-0.15, -0.1) is 11.3 Å². The molecule has 35 heavy (non-hydrogen) atoms. The summed E-state index contributed by atoms with van der Waals surface area (Å²) in [7, 11) is 3.09. The van der Waals surface area contributed by atoms with E-state index in [0.29, 0.717) is 47.7 Å². The molecule has 3 atom stereocenters. The fourth-order valence-electron chi connectivity index (χ4n) is 5.04. The number of thiazole rings is 1. The Balaban J connectivity index is 1.35. The van der Waals surface area contributed by atoms with Crippen LogP contribution in [0.3, 0.4) is 0 Å². The molecule has 0 bridgehead atoms. The number of nitrogens with one attached hydrogen (secondary N) is 1. The lowest BCUT2D eigenvalue weighted by Crippen LogP contribution is -2.45. The van der Waals surface area contributed by atoms with Gasteiger partial charge in [0.15, 0.2) is 0 Å². The molecule has 182 valence electrons. The number of piperidine rings is 1. The number of benzene rings is 2. The Hall–Kier alpha value is -3.39. The zero-order valence-electron chi connectivity index (χ0n) is 20.3. The molecule has 2 fully saturated rings. The first kappa shape index (κ1) is 23.4. The van der Waals surface area contributed by atoms with Crippen LogP contribution >= 0.6 is 11.3 Å². The number of methoxy groups -OCH3 is 2. The molecule has 2 heterocycles. The summed E-state index contributed by atoms with van der Waals surface area (Å²) in [4.78, 5) is 34.2. The molecule has 0 spiro atoms. The fourth-order valence-corrected chi connectivity index (χ4v) is 5.95. The molecule has 3 aromatic rings. The highest BCUT2D eigenvalue weighted by Gasteiger charge is 2.54. The SMILES string of the molecule is COc1ccc(OC)c(C(=O)NC[C@@H]2[C@@H]3C[C@@H]3CN2C(=O)c2nc(C)sc2-c2cccc(C)c2)c1. The Kier molecular flexibility index (Phi) is 6.23. The molecule has 0 unspecified atom stereocenters. The summed E-state index contributed by atoms with van der Waals surface area (Å²) < 4.78 is 10.6. The van der Waals surface area contributed by atoms with E-state index in [2.05, 4.69) is 16.4 Å². The Bertz CT molecular complexity index is 1290. The highest BCUT2D eigenvalue weighted by Crippen LogP contribution is 2.50. The number of fused-ring (bicyclic) bond motifs is 1. The van der Waals surface area contributed by atoms with Crippen LogP contribution in [0.15, 0.2) is 42.5 Å². The van der Waals surface area contributed by atoms with E-state index < -0.39 is 0 Å². The van der Waals surface area contributed by atoms with E-state index in [-0.39, 0.29) is 17.9 Å². The summed E-state index contributed by atoms with van der Waals surface area (Å²) in [5, 5.41) is 3.90. The van der Waals surface area contributed by atoms with Crippen LogP contribution in [0.25, 0.3) is 10.4 Å². The van der Waals surface area contributed by atoms with Gasteiger partial charge >= 0.3 is 0 Å². The summed E-state index contributed by atoms with van der Waals surface area (Å²) in [5.41, 5.74) is 3.07. The van der Waals surface area contributed by atoms with Gasteiger partial charge in [-0.25, -0.2) is 4.98 Å². The second-order valence-electron chi connectivity index (χ2n) is 9.24. The molecule has 1 aromatic heterocycles. The standard InChI is InChI=1S/C27H29N3O4S/c1-15-6-5-7-17(10-15)25-24(29-16(2)35-25)27(32)30-14-18-11-20(18)22(30)13-28-26(31)21-12-19(33-3)8-9-23(21)34-4/h5-10,12,18,20,22H,11,13-14H2,1-4H3,(H,28,31)/t18-,20-,22-/m1/s1. The van der Waals surface area contributed by atoms with Crippen molar-refractivity contribution in [2.45, 2.75) is 26.3 Å². The van der Waals surface area contributed by atoms with Crippen LogP contribution in [0.2, 0.25) is 0 Å². The lowest BCUT2D eigenvalue weighted by molar-refractivity contribution is 0.0690. The van der Waals surface area contributed by atoms with E-state index in [1.54, 1.807) is 36.6 Å². The number of amides is 2. The summed E-state index contributed by atoms with van der Waals surface area (Å²) in [5.74, 6) is 1.66. The first-order valence-corrected chi connectivity index (χ1v) is 12.6. The number of hydrogen-bond donors (Lipinski definition) is 1. The molecule has 1 aliphatic heterocycles. The van der Waals surface area contributed by atoms with Gasteiger partial charge in [-0.1, -0.05) is 29.8 Å². The van der Waals surface area contributed by atoms with Crippen LogP contribution in [0.1, 0.15) is 37.8 Å². The number of carbonyl (C=O) groups excluding carboxylic acids is 2. The Morgan fingerprint density at radius 3 is 2.71 bits per heavy atom. The molecule has 1 saturated heterocycles. The van der Waals surface area contributed by atoms with E-state index in [9.17, 15) is 9.59 Å². The van der Waals surface area contributed by atoms with Crippen LogP contribution in [-0.2, 0) is 0 Å². The average molecular weight is 492 g/mol. The largest absolute Gasteiger partial charge is 0.497 e. The van der Waals surface area contributed by atoms with Crippen LogP contribution in [-0.4, -0.2) is 55.0 Å². The third-order valence-electron chi connectivity index (χ3n) is 6.90. The van der Waals surface area contributed by atoms with Crippen molar-refractivity contribution in [2.24, 2.45) is 11.8 Å². The predicted octanol–water partition coefficient (Wildman–Crippen LogP) is 4.33. The van der Waals surface area contributed by atoms with Crippen molar-refractivity contribution in [3.8, 4) is 21.9 Å². The van der Waals surface area contributed by atoms with Crippen molar-refractivity contribution in [3.63, 3.8) is 0 Å². The van der Waals surface area contributed by atoms with Gasteiger partial charge in [-0.05, 0) is 55.9 Å². The second-order valence-corrected chi connectivity index (χ2v) is 10.4. The zero-order chi connectivity index (χ0) is 24.7. The molecular weight excluding hydrogens is 462 g/mol. The maximum absolute atomic E-state index is 13.7. The number of ether oxygens (including phenoxy) is 2. The molecule has 5 rings (SSSR count). The third-order valence-corrected chi connectivity index (χ3v) is 7.92. The van der Waals surface area contributed by atoms with E-state index in [4.69, 9.17) is 9.47 Å². The summed E-state index contributed by atoms with van der Waals surface area (Å²) >= 11 is 1.55. The summed E-state index contributed by atoms with van der Waals surface area (Å²) in [6.45, 7) is 5.07. The van der Waals surface area contributed by atoms with Crippen molar-refractivity contribution in [3.05, 3.63) is 64.3 Å². The number of carbonyl (C=O) groups is 2. The molecule has 1 saturated carbocycles. The first-order chi connectivity index (χ1) is 16.9. The number of aromatic nitrogens is 1. The molecule has 8 heteroatoms. The van der Waals surface area contributed by atoms with Gasteiger partial charge in [0.2, 0.25) is 0 Å². The van der Waals surface area contributed by atoms with Gasteiger partial charge in [0.25, 0.3) is 11.8 Å². The zero-order valence-corrected chi connectivity index (χ0v) is 21.1. The maximum atomic E-state index is 13.7. The fraction of sp³-hybridized carbons (Fsp3) is 0.370. The van der Waals surface area contributed by atoms with Crippen LogP contribution in [0.5, 0.6) is 11.5 Å². The number of likely N-dealkylation sites (tertiary alicyclic amines) is 1. The molecule has 2 amide bonds. The molecule has 1 aliphatic carbocycles. The number of hydrogen-bond acceptors (Lipinski definition) is 6. The molecule has 1 N–H and O–H groups in total. The van der Waals surface area contributed by atoms with Gasteiger partial charge in [0.1, 0.15) is 17.2 Å². The third kappa shape index (κ3) is 4.50. The first-order valence-electron chi connectivity index (χ1n) is 11.7. The normalized spacial score (nSPS) is 20.3. The maximum Gasteiger partial charge on any atom is 0.274 e. The van der Waals surface area contributed by atoms with E-state index in [1.807, 2.05) is 36.9 Å². The van der Waals surface area contributed by atoms with Crippen molar-refractivity contribution in [1.82, 2.24) is 15.2 Å². The van der Waals surface area contributed by atoms with E-state index >= 15 is 0 Å². The Morgan fingerprint density at radius 1 is 1.14 bits per heavy atom. The van der Waals surface area contributed by atoms with Gasteiger partial charge < -0.3 is 19.7 Å². The molecule has 2 aliphatic rings. The topological polar surface area (TPSA) is 80.8 Å². The minimum absolute atomic E-state index is 0.0552. The molecule has 7 nitrogen and oxygen atoms in total.